The number of hydrogen-bond acceptors (Lipinski definition) is 2. The lowest BCUT2D eigenvalue weighted by atomic mass is 10.0. The van der Waals surface area contributed by atoms with Crippen molar-refractivity contribution in [3.8, 4) is 0 Å². The van der Waals surface area contributed by atoms with Gasteiger partial charge in [-0.2, -0.15) is 0 Å². The van der Waals surface area contributed by atoms with Crippen LogP contribution in [0.2, 0.25) is 5.02 Å². The molecule has 0 amide bonds. The standard InChI is InChI=1S/C13H12Br2ClNS/c1-7-5-8(3-4-10(7)16)12(17-2)11-6-9(14)13(15)18-11/h3-6,12,17H,1-2H3. The molecule has 0 aliphatic heterocycles. The second-order valence-corrected chi connectivity index (χ2v) is 7.66. The molecule has 1 heterocycles. The van der Waals surface area contributed by atoms with Crippen molar-refractivity contribution in [2.45, 2.75) is 13.0 Å². The minimum absolute atomic E-state index is 0.188. The summed E-state index contributed by atoms with van der Waals surface area (Å²) in [4.78, 5) is 1.26. The van der Waals surface area contributed by atoms with Crippen LogP contribution < -0.4 is 5.32 Å². The smallest absolute Gasteiger partial charge is 0.0843 e. The average Bonchev–Trinajstić information content (AvgIpc) is 2.65. The summed E-state index contributed by atoms with van der Waals surface area (Å²) < 4.78 is 2.21. The quantitative estimate of drug-likeness (QED) is 0.701. The third-order valence-corrected chi connectivity index (χ3v) is 6.50. The largest absolute Gasteiger partial charge is 0.309 e. The average molecular weight is 410 g/mol. The Hall–Kier alpha value is 0.130. The zero-order valence-electron chi connectivity index (χ0n) is 9.93. The van der Waals surface area contributed by atoms with Crippen LogP contribution in [0.3, 0.4) is 0 Å². The van der Waals surface area contributed by atoms with E-state index in [1.807, 2.05) is 20.0 Å². The molecular weight excluding hydrogens is 397 g/mol. The van der Waals surface area contributed by atoms with Crippen molar-refractivity contribution in [3.05, 3.63) is 53.6 Å². The maximum atomic E-state index is 6.07. The molecule has 1 nitrogen and oxygen atoms in total. The van der Waals surface area contributed by atoms with Crippen LogP contribution in [0.25, 0.3) is 0 Å². The third-order valence-electron chi connectivity index (χ3n) is 2.75. The SMILES string of the molecule is CNC(c1ccc(Cl)c(C)c1)c1cc(Br)c(Br)s1. The number of rotatable bonds is 3. The highest BCUT2D eigenvalue weighted by Crippen LogP contribution is 2.37. The van der Waals surface area contributed by atoms with E-state index in [1.165, 1.54) is 10.4 Å². The van der Waals surface area contributed by atoms with Crippen molar-refractivity contribution >= 4 is 54.8 Å². The first kappa shape index (κ1) is 14.5. The first-order valence-corrected chi connectivity index (χ1v) is 8.19. The minimum atomic E-state index is 0.188. The van der Waals surface area contributed by atoms with Gasteiger partial charge in [0.05, 0.1) is 9.83 Å². The topological polar surface area (TPSA) is 12.0 Å². The van der Waals surface area contributed by atoms with Gasteiger partial charge in [-0.3, -0.25) is 0 Å². The molecule has 18 heavy (non-hydrogen) atoms. The lowest BCUT2D eigenvalue weighted by Crippen LogP contribution is -2.16. The Kier molecular flexibility index (Phi) is 4.89. The molecule has 5 heteroatoms. The summed E-state index contributed by atoms with van der Waals surface area (Å²) in [6, 6.07) is 8.48. The van der Waals surface area contributed by atoms with Crippen LogP contribution in [-0.4, -0.2) is 7.05 Å². The summed E-state index contributed by atoms with van der Waals surface area (Å²) in [6.07, 6.45) is 0. The second kappa shape index (κ2) is 6.06. The summed E-state index contributed by atoms with van der Waals surface area (Å²) in [5.74, 6) is 0. The fourth-order valence-electron chi connectivity index (χ4n) is 1.83. The number of aryl methyl sites for hydroxylation is 1. The summed E-state index contributed by atoms with van der Waals surface area (Å²) in [5, 5.41) is 4.16. The number of thiophene rings is 1. The van der Waals surface area contributed by atoms with E-state index in [9.17, 15) is 0 Å². The van der Waals surface area contributed by atoms with Gasteiger partial charge in [-0.15, -0.1) is 11.3 Å². The number of benzene rings is 1. The van der Waals surface area contributed by atoms with E-state index in [4.69, 9.17) is 11.6 Å². The molecular formula is C13H12Br2ClNS. The minimum Gasteiger partial charge on any atom is -0.309 e. The molecule has 0 radical (unpaired) electrons. The van der Waals surface area contributed by atoms with Gasteiger partial charge in [-0.1, -0.05) is 23.7 Å². The van der Waals surface area contributed by atoms with Crippen LogP contribution >= 0.6 is 54.8 Å². The molecule has 1 aromatic heterocycles. The van der Waals surface area contributed by atoms with E-state index in [0.717, 1.165) is 18.8 Å². The second-order valence-electron chi connectivity index (χ2n) is 4.00. The van der Waals surface area contributed by atoms with E-state index in [-0.39, 0.29) is 6.04 Å². The first-order valence-electron chi connectivity index (χ1n) is 5.41. The van der Waals surface area contributed by atoms with Crippen LogP contribution in [0.4, 0.5) is 0 Å². The van der Waals surface area contributed by atoms with Crippen molar-refractivity contribution in [2.24, 2.45) is 0 Å². The lowest BCUT2D eigenvalue weighted by molar-refractivity contribution is 0.703. The molecule has 0 saturated carbocycles. The van der Waals surface area contributed by atoms with Crippen LogP contribution in [0.15, 0.2) is 32.5 Å². The highest BCUT2D eigenvalue weighted by atomic mass is 79.9. The Morgan fingerprint density at radius 2 is 2.00 bits per heavy atom. The van der Waals surface area contributed by atoms with Crippen molar-refractivity contribution in [1.29, 1.82) is 0 Å². The summed E-state index contributed by atoms with van der Waals surface area (Å²) in [7, 11) is 1.97. The van der Waals surface area contributed by atoms with E-state index >= 15 is 0 Å². The molecule has 0 aliphatic rings. The Labute approximate surface area is 133 Å². The van der Waals surface area contributed by atoms with Gasteiger partial charge in [0.25, 0.3) is 0 Å². The van der Waals surface area contributed by atoms with Gasteiger partial charge in [0.1, 0.15) is 0 Å². The van der Waals surface area contributed by atoms with Crippen LogP contribution in [0.5, 0.6) is 0 Å². The fourth-order valence-corrected chi connectivity index (χ4v) is 4.17. The van der Waals surface area contributed by atoms with Gasteiger partial charge in [-0.25, -0.2) is 0 Å². The fraction of sp³-hybridized carbons (Fsp3) is 0.231. The molecule has 0 bridgehead atoms. The maximum absolute atomic E-state index is 6.07. The number of nitrogens with one attached hydrogen (secondary N) is 1. The van der Waals surface area contributed by atoms with Crippen molar-refractivity contribution in [1.82, 2.24) is 5.32 Å². The van der Waals surface area contributed by atoms with E-state index in [1.54, 1.807) is 11.3 Å². The summed E-state index contributed by atoms with van der Waals surface area (Å²) >= 11 is 14.9. The molecule has 0 aliphatic carbocycles. The zero-order chi connectivity index (χ0) is 13.3. The predicted molar refractivity (Wildman–Crippen MR) is 86.8 cm³/mol. The Morgan fingerprint density at radius 1 is 1.28 bits per heavy atom. The Bertz CT molecular complexity index is 549. The molecule has 0 fully saturated rings. The normalized spacial score (nSPS) is 12.7. The van der Waals surface area contributed by atoms with Gasteiger partial charge in [0.2, 0.25) is 0 Å². The zero-order valence-corrected chi connectivity index (χ0v) is 14.7. The van der Waals surface area contributed by atoms with E-state index in [0.29, 0.717) is 0 Å². The van der Waals surface area contributed by atoms with Crippen molar-refractivity contribution in [3.63, 3.8) is 0 Å². The molecule has 2 aromatic rings. The molecule has 2 rings (SSSR count). The van der Waals surface area contributed by atoms with Crippen LogP contribution in [-0.2, 0) is 0 Å². The van der Waals surface area contributed by atoms with Crippen LogP contribution in [0, 0.1) is 6.92 Å². The number of hydrogen-bond donors (Lipinski definition) is 1. The third kappa shape index (κ3) is 2.99. The molecule has 96 valence electrons. The van der Waals surface area contributed by atoms with Gasteiger partial charge < -0.3 is 5.32 Å². The summed E-state index contributed by atoms with van der Waals surface area (Å²) in [6.45, 7) is 2.03. The predicted octanol–water partition coefficient (Wildman–Crippen LogP) is 5.54. The van der Waals surface area contributed by atoms with E-state index < -0.39 is 0 Å². The van der Waals surface area contributed by atoms with Crippen LogP contribution in [0.1, 0.15) is 22.0 Å². The lowest BCUT2D eigenvalue weighted by Gasteiger charge is -2.16. The molecule has 1 N–H and O–H groups in total. The van der Waals surface area contributed by atoms with Gasteiger partial charge in [-0.05, 0) is 69.1 Å². The van der Waals surface area contributed by atoms with Gasteiger partial charge in [0, 0.05) is 14.4 Å². The number of halogens is 3. The van der Waals surface area contributed by atoms with Crippen molar-refractivity contribution in [2.75, 3.05) is 7.05 Å². The molecule has 1 atom stereocenters. The Morgan fingerprint density at radius 3 is 2.50 bits per heavy atom. The first-order chi connectivity index (χ1) is 8.52. The summed E-state index contributed by atoms with van der Waals surface area (Å²) in [5.41, 5.74) is 2.32. The highest BCUT2D eigenvalue weighted by Gasteiger charge is 2.16. The van der Waals surface area contributed by atoms with E-state index in [2.05, 4.69) is 55.4 Å². The monoisotopic (exact) mass is 407 g/mol. The molecule has 1 aromatic carbocycles. The van der Waals surface area contributed by atoms with Gasteiger partial charge in [0.15, 0.2) is 0 Å². The van der Waals surface area contributed by atoms with Crippen molar-refractivity contribution < 1.29 is 0 Å². The molecule has 0 saturated heterocycles. The maximum Gasteiger partial charge on any atom is 0.0843 e. The molecule has 1 unspecified atom stereocenters. The highest BCUT2D eigenvalue weighted by molar-refractivity contribution is 9.13. The Balaban J connectivity index is 2.41. The molecule has 0 spiro atoms. The van der Waals surface area contributed by atoms with Gasteiger partial charge >= 0.3 is 0 Å².